The third-order valence-electron chi connectivity index (χ3n) is 14.1. The second-order valence-corrected chi connectivity index (χ2v) is 18.4. The third kappa shape index (κ3) is 9.98. The first kappa shape index (κ1) is 46.2. The number of amides is 3. The number of aromatic nitrogens is 3. The highest BCUT2D eigenvalue weighted by Crippen LogP contribution is 2.39. The predicted octanol–water partition coefficient (Wildman–Crippen LogP) is 7.98. The van der Waals surface area contributed by atoms with E-state index >= 15 is 8.78 Å². The summed E-state index contributed by atoms with van der Waals surface area (Å²) in [5, 5.41) is 6.54. The van der Waals surface area contributed by atoms with Gasteiger partial charge in [0.25, 0.3) is 0 Å². The molecule has 8 atom stereocenters. The number of carbonyl (C=O) groups is 4. The number of H-pyrrole nitrogens is 1. The summed E-state index contributed by atoms with van der Waals surface area (Å²) < 4.78 is 62.9. The third-order valence-corrected chi connectivity index (χ3v) is 14.1. The van der Waals surface area contributed by atoms with Crippen LogP contribution in [0.25, 0.3) is 33.5 Å². The first-order valence-electron chi connectivity index (χ1n) is 23.1. The van der Waals surface area contributed by atoms with Crippen LogP contribution in [-0.2, 0) is 32.1 Å². The number of alkyl halides is 2. The van der Waals surface area contributed by atoms with E-state index in [0.29, 0.717) is 58.3 Å². The smallest absolute Gasteiger partial charge is 0.245 e. The van der Waals surface area contributed by atoms with Crippen molar-refractivity contribution >= 4 is 45.4 Å². The van der Waals surface area contributed by atoms with Crippen molar-refractivity contribution in [3.05, 3.63) is 53.6 Å². The largest absolute Gasteiger partial charge is 0.352 e. The quantitative estimate of drug-likeness (QED) is 0.0923. The van der Waals surface area contributed by atoms with Crippen LogP contribution in [0.5, 0.6) is 0 Å². The molecule has 0 spiro atoms. The van der Waals surface area contributed by atoms with E-state index in [4.69, 9.17) is 4.98 Å². The molecule has 11 nitrogen and oxygen atoms in total. The average Bonchev–Trinajstić information content (AvgIpc) is 4.03. The Morgan fingerprint density at radius 2 is 1.56 bits per heavy atom. The number of ketones is 1. The SMILES string of the molecule is CCCC(NC(=O)C(C)CC)C(=O)N1CC(F)CC1Cn1c(-c2[nH]c3cc(F)ccc3c2CC2CC(F)CN2C(=O)C(CC(=O)C(C)NC)C2CCCCC2)nc2cc(F)ccc21. The van der Waals surface area contributed by atoms with Crippen LogP contribution in [0.15, 0.2) is 36.4 Å². The molecule has 2 aromatic heterocycles. The van der Waals surface area contributed by atoms with Gasteiger partial charge in [-0.25, -0.2) is 22.5 Å². The van der Waals surface area contributed by atoms with E-state index in [-0.39, 0.29) is 80.7 Å². The number of rotatable bonds is 17. The van der Waals surface area contributed by atoms with Crippen LogP contribution in [0.2, 0.25) is 0 Å². The molecule has 63 heavy (non-hydrogen) atoms. The van der Waals surface area contributed by atoms with Crippen LogP contribution in [0, 0.1) is 29.4 Å². The van der Waals surface area contributed by atoms with Gasteiger partial charge in [0.1, 0.15) is 35.8 Å². The first-order valence-corrected chi connectivity index (χ1v) is 23.1. The molecule has 2 saturated heterocycles. The van der Waals surface area contributed by atoms with Gasteiger partial charge in [0.15, 0.2) is 5.82 Å². The van der Waals surface area contributed by atoms with Gasteiger partial charge in [0.05, 0.1) is 41.9 Å². The number of nitrogens with one attached hydrogen (secondary N) is 3. The number of hydrogen-bond acceptors (Lipinski definition) is 6. The maximum atomic E-state index is 15.7. The number of hydrogen-bond donors (Lipinski definition) is 3. The number of aromatic amines is 1. The molecule has 342 valence electrons. The summed E-state index contributed by atoms with van der Waals surface area (Å²) in [7, 11) is 1.71. The van der Waals surface area contributed by atoms with Crippen molar-refractivity contribution in [2.24, 2.45) is 17.8 Å². The van der Waals surface area contributed by atoms with E-state index in [1.807, 2.05) is 18.4 Å². The number of carbonyl (C=O) groups excluding carboxylic acids is 4. The van der Waals surface area contributed by atoms with Crippen molar-refractivity contribution < 1.29 is 36.7 Å². The van der Waals surface area contributed by atoms with Gasteiger partial charge in [-0.2, -0.15) is 0 Å². The van der Waals surface area contributed by atoms with E-state index < -0.39 is 54.1 Å². The number of benzene rings is 2. The Balaban J connectivity index is 1.27. The van der Waals surface area contributed by atoms with Crippen LogP contribution in [0.1, 0.15) is 104 Å². The molecule has 0 radical (unpaired) electrons. The zero-order valence-electron chi connectivity index (χ0n) is 37.2. The standard InChI is InChI=1S/C48H63F4N7O4/c1-6-11-39(56-46(61)27(3)7-2)48(63)58-25-33(52)19-35(58)26-59-42-17-15-31(50)21-41(42)55-45(59)44-38(36-16-14-30(49)20-40(36)54-44)22-34-18-32(51)24-57(34)47(62)37(23-43(60)28(4)53-5)29-12-9-8-10-13-29/h14-17,20-21,27-29,32-35,37,39,53-54H,6-13,18-19,22-26H2,1-5H3,(H,56,61). The van der Waals surface area contributed by atoms with Gasteiger partial charge < -0.3 is 30.0 Å². The normalized spacial score (nSPS) is 22.7. The van der Waals surface area contributed by atoms with E-state index in [1.165, 1.54) is 29.2 Å². The van der Waals surface area contributed by atoms with Gasteiger partial charge in [-0.15, -0.1) is 0 Å². The Morgan fingerprint density at radius 3 is 2.24 bits per heavy atom. The molecule has 8 unspecified atom stereocenters. The molecule has 4 aromatic rings. The fourth-order valence-corrected chi connectivity index (χ4v) is 10.2. The highest BCUT2D eigenvalue weighted by Gasteiger charge is 2.43. The van der Waals surface area contributed by atoms with Crippen LogP contribution < -0.4 is 10.6 Å². The van der Waals surface area contributed by atoms with Gasteiger partial charge in [0, 0.05) is 60.7 Å². The van der Waals surface area contributed by atoms with Crippen molar-refractivity contribution in [1.82, 2.24) is 35.0 Å². The van der Waals surface area contributed by atoms with Crippen molar-refractivity contribution in [3.63, 3.8) is 0 Å². The molecule has 1 aliphatic carbocycles. The Morgan fingerprint density at radius 1 is 0.889 bits per heavy atom. The van der Waals surface area contributed by atoms with E-state index in [1.54, 1.807) is 37.9 Å². The van der Waals surface area contributed by atoms with Crippen molar-refractivity contribution in [2.45, 2.75) is 148 Å². The average molecular weight is 878 g/mol. The molecule has 2 aromatic carbocycles. The lowest BCUT2D eigenvalue weighted by molar-refractivity contribution is -0.141. The molecule has 1 saturated carbocycles. The fourth-order valence-electron chi connectivity index (χ4n) is 10.2. The number of nitrogens with zero attached hydrogens (tertiary/aromatic N) is 4. The lowest BCUT2D eigenvalue weighted by Gasteiger charge is -2.35. The van der Waals surface area contributed by atoms with Crippen molar-refractivity contribution in [1.29, 1.82) is 0 Å². The zero-order chi connectivity index (χ0) is 45.1. The number of fused-ring (bicyclic) bond motifs is 2. The van der Waals surface area contributed by atoms with Crippen LogP contribution >= 0.6 is 0 Å². The summed E-state index contributed by atoms with van der Waals surface area (Å²) in [4.78, 5) is 66.7. The Hall–Kier alpha value is -4.79. The Labute approximate surface area is 367 Å². The van der Waals surface area contributed by atoms with E-state index in [2.05, 4.69) is 15.6 Å². The van der Waals surface area contributed by atoms with Gasteiger partial charge in [-0.1, -0.05) is 46.5 Å². The van der Waals surface area contributed by atoms with Gasteiger partial charge in [0.2, 0.25) is 17.7 Å². The lowest BCUT2D eigenvalue weighted by Crippen LogP contribution is -2.51. The summed E-state index contributed by atoms with van der Waals surface area (Å²) in [6.45, 7) is 7.17. The molecule has 4 heterocycles. The van der Waals surface area contributed by atoms with Gasteiger partial charge in [-0.3, -0.25) is 19.2 Å². The maximum absolute atomic E-state index is 15.7. The van der Waals surface area contributed by atoms with Crippen molar-refractivity contribution in [2.75, 3.05) is 20.1 Å². The second kappa shape index (κ2) is 19.9. The van der Waals surface area contributed by atoms with Crippen molar-refractivity contribution in [3.8, 4) is 11.5 Å². The monoisotopic (exact) mass is 877 g/mol. The summed E-state index contributed by atoms with van der Waals surface area (Å²) in [5.41, 5.74) is 2.34. The molecule has 3 N–H and O–H groups in total. The highest BCUT2D eigenvalue weighted by molar-refractivity contribution is 5.93. The summed E-state index contributed by atoms with van der Waals surface area (Å²) in [5.74, 6) is -2.50. The molecule has 7 rings (SSSR count). The van der Waals surface area contributed by atoms with E-state index in [0.717, 1.165) is 32.1 Å². The number of Topliss-reactive ketones (excluding diaryl/α,β-unsaturated/α-hetero) is 1. The molecule has 3 fully saturated rings. The molecular formula is C48H63F4N7O4. The number of imidazole rings is 1. The fraction of sp³-hybridized carbons (Fsp3) is 0.604. The minimum atomic E-state index is -1.33. The molecular weight excluding hydrogens is 815 g/mol. The lowest BCUT2D eigenvalue weighted by atomic mass is 9.76. The highest BCUT2D eigenvalue weighted by atomic mass is 19.1. The predicted molar refractivity (Wildman–Crippen MR) is 235 cm³/mol. The van der Waals surface area contributed by atoms with Crippen LogP contribution in [0.3, 0.4) is 0 Å². The Bertz CT molecular complexity index is 2290. The topological polar surface area (TPSA) is 132 Å². The molecule has 0 bridgehead atoms. The summed E-state index contributed by atoms with van der Waals surface area (Å²) in [6, 6.07) is 5.94. The first-order chi connectivity index (χ1) is 30.2. The Kier molecular flexibility index (Phi) is 14.6. The molecule has 3 aliphatic rings. The van der Waals surface area contributed by atoms with Crippen LogP contribution in [-0.4, -0.2) is 104 Å². The van der Waals surface area contributed by atoms with E-state index in [9.17, 15) is 28.0 Å². The van der Waals surface area contributed by atoms with Gasteiger partial charge in [-0.05, 0) is 87.9 Å². The number of likely N-dealkylation sites (tertiary alicyclic amines) is 2. The molecule has 3 amide bonds. The summed E-state index contributed by atoms with van der Waals surface area (Å²) >= 11 is 0. The number of likely N-dealkylation sites (N-methyl/N-ethyl adjacent to an activating group) is 1. The summed E-state index contributed by atoms with van der Waals surface area (Å²) in [6.07, 6.45) is 3.90. The molecule has 2 aliphatic heterocycles. The number of halogens is 4. The second-order valence-electron chi connectivity index (χ2n) is 18.4. The minimum absolute atomic E-state index is 0.00451. The minimum Gasteiger partial charge on any atom is -0.352 e. The maximum Gasteiger partial charge on any atom is 0.245 e. The molecule has 15 heteroatoms. The van der Waals surface area contributed by atoms with Gasteiger partial charge >= 0.3 is 0 Å². The zero-order valence-corrected chi connectivity index (χ0v) is 37.2. The van der Waals surface area contributed by atoms with Crippen LogP contribution in [0.4, 0.5) is 17.6 Å².